The van der Waals surface area contributed by atoms with E-state index in [0.29, 0.717) is 12.2 Å². The number of rotatable bonds is 3. The van der Waals surface area contributed by atoms with Crippen molar-refractivity contribution >= 4 is 11.0 Å². The lowest BCUT2D eigenvalue weighted by molar-refractivity contribution is 0.0360. The molecule has 1 unspecified atom stereocenters. The first kappa shape index (κ1) is 12.9. The highest BCUT2D eigenvalue weighted by Crippen LogP contribution is 2.30. The lowest BCUT2D eigenvalue weighted by Crippen LogP contribution is -2.23. The summed E-state index contributed by atoms with van der Waals surface area (Å²) in [5, 5.41) is 11.6. The minimum Gasteiger partial charge on any atom is -0.458 e. The van der Waals surface area contributed by atoms with Gasteiger partial charge in [-0.2, -0.15) is 0 Å². The molecule has 2 nitrogen and oxygen atoms in total. The topological polar surface area (TPSA) is 33.4 Å². The van der Waals surface area contributed by atoms with Crippen LogP contribution in [0.4, 0.5) is 4.39 Å². The Morgan fingerprint density at radius 1 is 1.10 bits per heavy atom. The molecule has 3 aromatic rings. The second-order valence-corrected chi connectivity index (χ2v) is 5.23. The molecule has 0 saturated carbocycles. The van der Waals surface area contributed by atoms with Crippen molar-refractivity contribution in [3.63, 3.8) is 0 Å². The van der Waals surface area contributed by atoms with Crippen LogP contribution in [0.5, 0.6) is 0 Å². The quantitative estimate of drug-likeness (QED) is 0.779. The smallest absolute Gasteiger partial charge is 0.136 e. The van der Waals surface area contributed by atoms with Gasteiger partial charge in [0.2, 0.25) is 0 Å². The number of hydrogen-bond acceptors (Lipinski definition) is 2. The van der Waals surface area contributed by atoms with Gasteiger partial charge in [0.1, 0.15) is 22.8 Å². The molecule has 1 atom stereocenters. The van der Waals surface area contributed by atoms with Crippen molar-refractivity contribution in [3.8, 4) is 0 Å². The zero-order chi connectivity index (χ0) is 14.2. The van der Waals surface area contributed by atoms with Gasteiger partial charge in [0.05, 0.1) is 0 Å². The lowest BCUT2D eigenvalue weighted by atomic mass is 9.94. The van der Waals surface area contributed by atoms with Crippen LogP contribution in [0.1, 0.15) is 18.2 Å². The van der Waals surface area contributed by atoms with Crippen LogP contribution in [0.2, 0.25) is 0 Å². The van der Waals surface area contributed by atoms with Gasteiger partial charge in [-0.25, -0.2) is 4.39 Å². The van der Waals surface area contributed by atoms with Crippen LogP contribution in [0, 0.1) is 5.82 Å². The molecule has 0 aliphatic carbocycles. The molecule has 1 N–H and O–H groups in total. The van der Waals surface area contributed by atoms with Crippen LogP contribution in [-0.4, -0.2) is 5.11 Å². The maximum atomic E-state index is 13.2. The Morgan fingerprint density at radius 2 is 1.90 bits per heavy atom. The first-order valence-electron chi connectivity index (χ1n) is 6.50. The van der Waals surface area contributed by atoms with Gasteiger partial charge < -0.3 is 9.52 Å². The molecule has 0 spiro atoms. The van der Waals surface area contributed by atoms with E-state index in [9.17, 15) is 9.50 Å². The van der Waals surface area contributed by atoms with E-state index in [4.69, 9.17) is 4.42 Å². The summed E-state index contributed by atoms with van der Waals surface area (Å²) in [6, 6.07) is 15.7. The highest BCUT2D eigenvalue weighted by molar-refractivity contribution is 5.77. The van der Waals surface area contributed by atoms with E-state index < -0.39 is 5.60 Å². The number of hydrogen-bond donors (Lipinski definition) is 1. The van der Waals surface area contributed by atoms with Gasteiger partial charge in [0.25, 0.3) is 0 Å². The van der Waals surface area contributed by atoms with Crippen molar-refractivity contribution in [3.05, 3.63) is 71.7 Å². The molecular formula is C17H15FO2. The van der Waals surface area contributed by atoms with Crippen LogP contribution in [0.15, 0.2) is 59.0 Å². The molecule has 102 valence electrons. The summed E-state index contributed by atoms with van der Waals surface area (Å²) in [6.07, 6.45) is 0.296. The second-order valence-electron chi connectivity index (χ2n) is 5.23. The normalized spacial score (nSPS) is 14.3. The Morgan fingerprint density at radius 3 is 2.65 bits per heavy atom. The highest BCUT2D eigenvalue weighted by atomic mass is 19.1. The molecule has 0 radical (unpaired) electrons. The third kappa shape index (κ3) is 2.45. The number of fused-ring (bicyclic) bond motifs is 1. The summed E-state index contributed by atoms with van der Waals surface area (Å²) < 4.78 is 18.9. The Hall–Kier alpha value is -2.13. The average Bonchev–Trinajstić information content (AvgIpc) is 2.82. The van der Waals surface area contributed by atoms with Crippen LogP contribution in [0.3, 0.4) is 0 Å². The van der Waals surface area contributed by atoms with Crippen molar-refractivity contribution in [1.82, 2.24) is 0 Å². The monoisotopic (exact) mass is 270 g/mol. The average molecular weight is 270 g/mol. The van der Waals surface area contributed by atoms with Crippen LogP contribution in [-0.2, 0) is 12.0 Å². The van der Waals surface area contributed by atoms with E-state index in [1.165, 1.54) is 12.1 Å². The molecule has 0 amide bonds. The second kappa shape index (κ2) is 4.76. The van der Waals surface area contributed by atoms with Gasteiger partial charge in [-0.15, -0.1) is 0 Å². The molecule has 2 aromatic carbocycles. The van der Waals surface area contributed by atoms with Crippen molar-refractivity contribution in [2.24, 2.45) is 0 Å². The Kier molecular flexibility index (Phi) is 3.07. The van der Waals surface area contributed by atoms with E-state index in [-0.39, 0.29) is 5.82 Å². The number of benzene rings is 2. The van der Waals surface area contributed by atoms with Gasteiger partial charge >= 0.3 is 0 Å². The summed E-state index contributed by atoms with van der Waals surface area (Å²) in [5.74, 6) is 0.186. The van der Waals surface area contributed by atoms with E-state index >= 15 is 0 Å². The predicted octanol–water partition coefficient (Wildman–Crippen LogP) is 4.02. The Bertz CT molecular complexity index is 710. The van der Waals surface area contributed by atoms with Crippen LogP contribution < -0.4 is 0 Å². The minimum absolute atomic E-state index is 0.296. The van der Waals surface area contributed by atoms with E-state index in [1.807, 2.05) is 30.3 Å². The van der Waals surface area contributed by atoms with Gasteiger partial charge in [-0.3, -0.25) is 0 Å². The number of halogens is 1. The maximum absolute atomic E-state index is 13.2. The first-order valence-corrected chi connectivity index (χ1v) is 6.50. The van der Waals surface area contributed by atoms with Crippen LogP contribution in [0.25, 0.3) is 11.0 Å². The SMILES string of the molecule is CC(O)(Cc1cccc(F)c1)c1cc2ccccc2o1. The standard InChI is InChI=1S/C17H15FO2/c1-17(19,11-12-5-4-7-14(18)9-12)16-10-13-6-2-3-8-15(13)20-16/h2-10,19H,11H2,1H3. The third-order valence-electron chi connectivity index (χ3n) is 3.39. The fourth-order valence-corrected chi connectivity index (χ4v) is 2.38. The van der Waals surface area contributed by atoms with Crippen molar-refractivity contribution < 1.29 is 13.9 Å². The fourth-order valence-electron chi connectivity index (χ4n) is 2.38. The van der Waals surface area contributed by atoms with E-state index in [1.54, 1.807) is 19.1 Å². The van der Waals surface area contributed by atoms with Gasteiger partial charge in [0, 0.05) is 11.8 Å². The fraction of sp³-hybridized carbons (Fsp3) is 0.176. The van der Waals surface area contributed by atoms with Crippen molar-refractivity contribution in [1.29, 1.82) is 0 Å². The third-order valence-corrected chi connectivity index (χ3v) is 3.39. The zero-order valence-electron chi connectivity index (χ0n) is 11.1. The number of para-hydroxylation sites is 1. The highest BCUT2D eigenvalue weighted by Gasteiger charge is 2.27. The Labute approximate surface area is 116 Å². The summed E-state index contributed by atoms with van der Waals surface area (Å²) in [7, 11) is 0. The molecule has 1 aromatic heterocycles. The van der Waals surface area contributed by atoms with E-state index in [2.05, 4.69) is 0 Å². The Balaban J connectivity index is 1.94. The number of aliphatic hydroxyl groups is 1. The molecular weight excluding hydrogens is 255 g/mol. The lowest BCUT2D eigenvalue weighted by Gasteiger charge is -2.20. The minimum atomic E-state index is -1.17. The van der Waals surface area contributed by atoms with Gasteiger partial charge in [-0.05, 0) is 36.8 Å². The van der Waals surface area contributed by atoms with Crippen molar-refractivity contribution in [2.75, 3.05) is 0 Å². The molecule has 1 heterocycles. The summed E-state index contributed by atoms with van der Waals surface area (Å²) in [6.45, 7) is 1.68. The largest absolute Gasteiger partial charge is 0.458 e. The van der Waals surface area contributed by atoms with E-state index in [0.717, 1.165) is 16.5 Å². The predicted molar refractivity (Wildman–Crippen MR) is 75.9 cm³/mol. The zero-order valence-corrected chi connectivity index (χ0v) is 11.1. The summed E-state index contributed by atoms with van der Waals surface area (Å²) in [4.78, 5) is 0. The van der Waals surface area contributed by atoms with Crippen molar-refractivity contribution in [2.45, 2.75) is 18.9 Å². The molecule has 0 fully saturated rings. The van der Waals surface area contributed by atoms with Crippen LogP contribution >= 0.6 is 0 Å². The van der Waals surface area contributed by atoms with Gasteiger partial charge in [0.15, 0.2) is 0 Å². The summed E-state index contributed by atoms with van der Waals surface area (Å²) >= 11 is 0. The molecule has 20 heavy (non-hydrogen) atoms. The molecule has 3 rings (SSSR count). The number of furan rings is 1. The molecule has 3 heteroatoms. The van der Waals surface area contributed by atoms with Gasteiger partial charge in [-0.1, -0.05) is 30.3 Å². The molecule has 0 saturated heterocycles. The first-order chi connectivity index (χ1) is 9.54. The molecule has 0 aliphatic heterocycles. The maximum Gasteiger partial charge on any atom is 0.136 e. The molecule has 0 bridgehead atoms. The molecule has 0 aliphatic rings. The summed E-state index contributed by atoms with van der Waals surface area (Å²) in [5.41, 5.74) is 0.296.